The second-order valence-corrected chi connectivity index (χ2v) is 5.70. The van der Waals surface area contributed by atoms with Crippen LogP contribution in [0.3, 0.4) is 0 Å². The van der Waals surface area contributed by atoms with E-state index >= 15 is 0 Å². The van der Waals surface area contributed by atoms with Crippen LogP contribution in [0.15, 0.2) is 46.5 Å². The molecule has 1 aliphatic heterocycles. The number of nitrogens with zero attached hydrogens (tertiary/aromatic N) is 4. The summed E-state index contributed by atoms with van der Waals surface area (Å²) in [6.07, 6.45) is 2.09. The smallest absolute Gasteiger partial charge is 0.0532 e. The average Bonchev–Trinajstić information content (AvgIpc) is 2.82. The molecule has 0 amide bonds. The highest BCUT2D eigenvalue weighted by Crippen LogP contribution is 2.41. The average molecular weight is 270 g/mol. The van der Waals surface area contributed by atoms with Gasteiger partial charge >= 0.3 is 0 Å². The topological polar surface area (TPSA) is 53.7 Å². The Bertz CT molecular complexity index is 655. The molecule has 2 aromatic rings. The van der Waals surface area contributed by atoms with Crippen molar-refractivity contribution in [2.24, 2.45) is 5.11 Å². The van der Waals surface area contributed by atoms with E-state index in [9.17, 15) is 0 Å². The highest BCUT2D eigenvalue weighted by Gasteiger charge is 2.20. The maximum absolute atomic E-state index is 8.51. The predicted molar refractivity (Wildman–Crippen MR) is 78.0 cm³/mol. The summed E-state index contributed by atoms with van der Waals surface area (Å²) < 4.78 is 2.20. The van der Waals surface area contributed by atoms with Crippen LogP contribution in [0.5, 0.6) is 0 Å². The molecule has 0 saturated heterocycles. The second-order valence-electron chi connectivity index (χ2n) is 4.68. The van der Waals surface area contributed by atoms with E-state index in [-0.39, 0.29) is 6.04 Å². The van der Waals surface area contributed by atoms with Crippen LogP contribution in [0, 0.1) is 0 Å². The Morgan fingerprint density at radius 2 is 2.26 bits per heavy atom. The summed E-state index contributed by atoms with van der Waals surface area (Å²) in [5.41, 5.74) is 12.4. The maximum atomic E-state index is 8.51. The van der Waals surface area contributed by atoms with Gasteiger partial charge in [-0.15, -0.1) is 11.8 Å². The molecule has 1 atom stereocenters. The lowest BCUT2D eigenvalue weighted by Gasteiger charge is -2.20. The number of fused-ring (bicyclic) bond motifs is 3. The molecule has 1 aliphatic rings. The molecule has 0 N–H and O–H groups in total. The first-order valence-electron chi connectivity index (χ1n) is 6.24. The molecular formula is C14H14N4S. The van der Waals surface area contributed by atoms with Crippen LogP contribution < -0.4 is 0 Å². The van der Waals surface area contributed by atoms with Gasteiger partial charge in [-0.1, -0.05) is 30.2 Å². The molecule has 3 rings (SSSR count). The number of thioether (sulfide) groups is 1. The molecule has 0 saturated carbocycles. The zero-order chi connectivity index (χ0) is 13.2. The Morgan fingerprint density at radius 3 is 3.11 bits per heavy atom. The summed E-state index contributed by atoms with van der Waals surface area (Å²) in [6, 6.07) is 10.6. The molecule has 1 aromatic heterocycles. The third kappa shape index (κ3) is 2.23. The molecule has 96 valence electrons. The van der Waals surface area contributed by atoms with Crippen LogP contribution in [-0.2, 0) is 12.3 Å². The van der Waals surface area contributed by atoms with E-state index in [4.69, 9.17) is 5.53 Å². The monoisotopic (exact) mass is 270 g/mol. The first-order valence-corrected chi connectivity index (χ1v) is 7.22. The van der Waals surface area contributed by atoms with Crippen LogP contribution in [0.25, 0.3) is 21.7 Å². The highest BCUT2D eigenvalue weighted by molar-refractivity contribution is 7.98. The Labute approximate surface area is 116 Å². The summed E-state index contributed by atoms with van der Waals surface area (Å²) in [5.74, 6) is 1.01. The lowest BCUT2D eigenvalue weighted by molar-refractivity contribution is 0.593. The van der Waals surface area contributed by atoms with E-state index in [0.29, 0.717) is 0 Å². The Kier molecular flexibility index (Phi) is 3.23. The van der Waals surface area contributed by atoms with E-state index in [1.807, 2.05) is 18.7 Å². The van der Waals surface area contributed by atoms with Crippen molar-refractivity contribution in [1.82, 2.24) is 4.57 Å². The van der Waals surface area contributed by atoms with Gasteiger partial charge in [-0.25, -0.2) is 0 Å². The lowest BCUT2D eigenvalue weighted by atomic mass is 10.1. The molecule has 5 heteroatoms. The third-order valence-corrected chi connectivity index (χ3v) is 4.40. The fraction of sp³-hybridized carbons (Fsp3) is 0.286. The van der Waals surface area contributed by atoms with Crippen LogP contribution in [0.1, 0.15) is 12.5 Å². The molecular weight excluding hydrogens is 256 g/mol. The van der Waals surface area contributed by atoms with Crippen molar-refractivity contribution in [3.8, 4) is 11.3 Å². The molecule has 0 radical (unpaired) electrons. The molecule has 0 spiro atoms. The lowest BCUT2D eigenvalue weighted by Crippen LogP contribution is -2.11. The first kappa shape index (κ1) is 12.2. The van der Waals surface area contributed by atoms with Crippen molar-refractivity contribution in [3.63, 3.8) is 0 Å². The van der Waals surface area contributed by atoms with Gasteiger partial charge in [0.15, 0.2) is 0 Å². The van der Waals surface area contributed by atoms with Gasteiger partial charge in [-0.3, -0.25) is 0 Å². The molecule has 0 aliphatic carbocycles. The number of benzene rings is 1. The minimum absolute atomic E-state index is 0.0387. The van der Waals surface area contributed by atoms with Crippen molar-refractivity contribution >= 4 is 11.8 Å². The van der Waals surface area contributed by atoms with Gasteiger partial charge in [0.1, 0.15) is 0 Å². The van der Waals surface area contributed by atoms with E-state index in [1.165, 1.54) is 21.7 Å². The first-order chi connectivity index (χ1) is 9.29. The fourth-order valence-electron chi connectivity index (χ4n) is 2.47. The fourth-order valence-corrected chi connectivity index (χ4v) is 3.51. The van der Waals surface area contributed by atoms with Gasteiger partial charge in [0.05, 0.1) is 11.7 Å². The zero-order valence-electron chi connectivity index (χ0n) is 10.7. The van der Waals surface area contributed by atoms with Crippen LogP contribution in [0.2, 0.25) is 0 Å². The maximum Gasteiger partial charge on any atom is 0.0532 e. The minimum atomic E-state index is -0.0387. The summed E-state index contributed by atoms with van der Waals surface area (Å²) in [4.78, 5) is 4.21. The molecule has 1 aromatic carbocycles. The Hall–Kier alpha value is -1.84. The van der Waals surface area contributed by atoms with E-state index in [2.05, 4.69) is 51.1 Å². The number of azide groups is 1. The van der Waals surface area contributed by atoms with Crippen molar-refractivity contribution in [2.75, 3.05) is 0 Å². The number of hydrogen-bond donors (Lipinski definition) is 0. The normalized spacial score (nSPS) is 14.2. The van der Waals surface area contributed by atoms with Crippen molar-refractivity contribution in [2.45, 2.75) is 30.2 Å². The summed E-state index contributed by atoms with van der Waals surface area (Å²) in [7, 11) is 0. The van der Waals surface area contributed by atoms with E-state index in [1.54, 1.807) is 0 Å². The Morgan fingerprint density at radius 1 is 1.42 bits per heavy atom. The third-order valence-electron chi connectivity index (χ3n) is 3.28. The molecule has 2 heterocycles. The predicted octanol–water partition coefficient (Wildman–Crippen LogP) is 4.46. The standard InChI is InChI=1S/C14H14N4S/c1-10(16-17-15)8-18-7-6-11-9-19-13-5-3-2-4-12(13)14(11)18/h2-7,10H,8-9H2,1H3. The molecule has 1 unspecified atom stereocenters. The van der Waals surface area contributed by atoms with Gasteiger partial charge in [-0.05, 0) is 23.2 Å². The number of aromatic nitrogens is 1. The van der Waals surface area contributed by atoms with Crippen LogP contribution in [-0.4, -0.2) is 10.6 Å². The largest absolute Gasteiger partial charge is 0.347 e. The SMILES string of the molecule is CC(Cn1ccc2c1-c1ccccc1SC2)N=[N+]=[N-]. The van der Waals surface area contributed by atoms with E-state index < -0.39 is 0 Å². The van der Waals surface area contributed by atoms with Gasteiger partial charge in [0.2, 0.25) is 0 Å². The molecule has 19 heavy (non-hydrogen) atoms. The number of rotatable bonds is 3. The zero-order valence-corrected chi connectivity index (χ0v) is 11.5. The summed E-state index contributed by atoms with van der Waals surface area (Å²) in [5, 5.41) is 3.76. The van der Waals surface area contributed by atoms with Crippen molar-refractivity contribution in [3.05, 3.63) is 52.5 Å². The van der Waals surface area contributed by atoms with Gasteiger partial charge < -0.3 is 4.57 Å². The second kappa shape index (κ2) is 5.03. The summed E-state index contributed by atoms with van der Waals surface area (Å²) in [6.45, 7) is 2.66. The summed E-state index contributed by atoms with van der Waals surface area (Å²) >= 11 is 1.88. The molecule has 0 fully saturated rings. The van der Waals surface area contributed by atoms with Crippen LogP contribution in [0.4, 0.5) is 0 Å². The van der Waals surface area contributed by atoms with Crippen LogP contribution >= 0.6 is 11.8 Å². The van der Waals surface area contributed by atoms with E-state index in [0.717, 1.165) is 12.3 Å². The minimum Gasteiger partial charge on any atom is -0.347 e. The Balaban J connectivity index is 2.03. The van der Waals surface area contributed by atoms with Crippen molar-refractivity contribution < 1.29 is 0 Å². The van der Waals surface area contributed by atoms with Gasteiger partial charge in [0, 0.05) is 33.9 Å². The highest BCUT2D eigenvalue weighted by atomic mass is 32.2. The van der Waals surface area contributed by atoms with Gasteiger partial charge in [0.25, 0.3) is 0 Å². The molecule has 4 nitrogen and oxygen atoms in total. The van der Waals surface area contributed by atoms with Crippen molar-refractivity contribution in [1.29, 1.82) is 0 Å². The number of hydrogen-bond acceptors (Lipinski definition) is 2. The quantitative estimate of drug-likeness (QED) is 0.461. The van der Waals surface area contributed by atoms with Gasteiger partial charge in [-0.2, -0.15) is 0 Å². The molecule has 0 bridgehead atoms.